The van der Waals surface area contributed by atoms with Crippen LogP contribution in [0.3, 0.4) is 0 Å². The molecule has 2 aromatic heterocycles. The highest BCUT2D eigenvalue weighted by Gasteiger charge is 2.33. The fourth-order valence-corrected chi connectivity index (χ4v) is 16.5. The average molecular weight is 1200 g/mol. The molecule has 2 aliphatic carbocycles. The van der Waals surface area contributed by atoms with Gasteiger partial charge in [0.15, 0.2) is 0 Å². The molecule has 0 saturated heterocycles. The van der Waals surface area contributed by atoms with E-state index < -0.39 is 0 Å². The van der Waals surface area contributed by atoms with Gasteiger partial charge in [0.1, 0.15) is 0 Å². The van der Waals surface area contributed by atoms with E-state index in [9.17, 15) is 0 Å². The maximum absolute atomic E-state index is 2.73. The van der Waals surface area contributed by atoms with Crippen molar-refractivity contribution < 1.29 is 0 Å². The Kier molecular flexibility index (Phi) is 14.1. The fourth-order valence-electron chi connectivity index (χ4n) is 16.5. The highest BCUT2D eigenvalue weighted by molar-refractivity contribution is 6.30. The first kappa shape index (κ1) is 58.0. The molecule has 0 radical (unpaired) electrons. The third-order valence-electron chi connectivity index (χ3n) is 22.3. The van der Waals surface area contributed by atoms with Crippen LogP contribution < -0.4 is 9.80 Å². The molecule has 0 amide bonds. The zero-order chi connectivity index (χ0) is 62.9. The summed E-state index contributed by atoms with van der Waals surface area (Å²) in [7, 11) is 0. The molecule has 4 heteroatoms. The molecule has 0 N–H and O–H groups in total. The number of aromatic nitrogens is 2. The second-order valence-corrected chi connectivity index (χ2v) is 28.9. The Labute approximate surface area is 544 Å². The molecule has 92 heavy (non-hydrogen) atoms. The molecule has 16 rings (SSSR count). The molecular formula is C88H86N4. The van der Waals surface area contributed by atoms with Crippen molar-refractivity contribution in [3.63, 3.8) is 0 Å². The van der Waals surface area contributed by atoms with Crippen molar-refractivity contribution >= 4 is 110 Å². The number of hydrogen-bond donors (Lipinski definition) is 0. The molecule has 0 aliphatic heterocycles. The fraction of sp³-hybridized carbons (Fsp3) is 0.273. The molecule has 0 unspecified atom stereocenters. The van der Waals surface area contributed by atoms with Crippen LogP contribution in [0, 0.1) is 0 Å². The second-order valence-electron chi connectivity index (χ2n) is 28.9. The van der Waals surface area contributed by atoms with Crippen LogP contribution in [0.4, 0.5) is 34.1 Å². The van der Waals surface area contributed by atoms with Gasteiger partial charge >= 0.3 is 0 Å². The topological polar surface area (TPSA) is 16.3 Å². The number of aryl methyl sites for hydroxylation is 2. The van der Waals surface area contributed by atoms with Gasteiger partial charge in [-0.15, -0.1) is 0 Å². The number of rotatable bonds is 14. The Bertz CT molecular complexity index is 4870. The molecule has 0 atom stereocenters. The Morgan fingerprint density at radius 2 is 0.707 bits per heavy atom. The number of fused-ring (bicyclic) bond motifs is 8. The van der Waals surface area contributed by atoms with E-state index in [0.717, 1.165) is 38.5 Å². The molecule has 4 nitrogen and oxygen atoms in total. The first-order valence-electron chi connectivity index (χ1n) is 34.6. The summed E-state index contributed by atoms with van der Waals surface area (Å²) in [4.78, 5) is 5.46. The second kappa shape index (κ2) is 22.3. The van der Waals surface area contributed by atoms with Crippen LogP contribution in [0.25, 0.3) is 87.3 Å². The zero-order valence-corrected chi connectivity index (χ0v) is 55.6. The smallest absolute Gasteiger partial charge is 0.0782 e. The molecule has 14 aromatic rings. The van der Waals surface area contributed by atoms with E-state index in [1.54, 1.807) is 0 Å². The minimum Gasteiger partial charge on any atom is -0.307 e. The van der Waals surface area contributed by atoms with Gasteiger partial charge in [-0.1, -0.05) is 203 Å². The van der Waals surface area contributed by atoms with Gasteiger partial charge in [0.25, 0.3) is 0 Å². The van der Waals surface area contributed by atoms with Crippen molar-refractivity contribution in [3.05, 3.63) is 251 Å². The summed E-state index contributed by atoms with van der Waals surface area (Å²) in [6.07, 6.45) is 11.2. The largest absolute Gasteiger partial charge is 0.307 e. The van der Waals surface area contributed by atoms with Crippen LogP contribution in [0.2, 0.25) is 0 Å². The number of benzene rings is 12. The van der Waals surface area contributed by atoms with Gasteiger partial charge in [-0.2, -0.15) is 0 Å². The molecule has 12 aromatic carbocycles. The Balaban J connectivity index is 1.02. The van der Waals surface area contributed by atoms with Crippen LogP contribution in [-0.4, -0.2) is 9.13 Å². The van der Waals surface area contributed by atoms with Crippen LogP contribution in [0.5, 0.6) is 0 Å². The highest BCUT2D eigenvalue weighted by Crippen LogP contribution is 2.55. The normalized spacial score (nSPS) is 13.9. The SMILES string of the molecule is CCC(C)(C)c1ccc(-n2c3ccccc3c3cccc(N(c4cccc5c4CCCC5)c4cc(C(C)C)c5ccc6c(N(c7cccc8c7CCCC8)c7cccc8c9ccccc9n(-c9ccc(C(C)(C)CC)cc9)c78)cc(C(C)C)c7ccc4c5c76)c32)cc1. The number of para-hydroxylation sites is 4. The molecule has 2 heterocycles. The lowest BCUT2D eigenvalue weighted by Gasteiger charge is -2.34. The minimum atomic E-state index is 0.0707. The lowest BCUT2D eigenvalue weighted by Crippen LogP contribution is -2.18. The maximum Gasteiger partial charge on any atom is 0.0782 e. The van der Waals surface area contributed by atoms with E-state index in [2.05, 4.69) is 294 Å². The van der Waals surface area contributed by atoms with Crippen molar-refractivity contribution in [1.29, 1.82) is 0 Å². The van der Waals surface area contributed by atoms with Crippen molar-refractivity contribution in [3.8, 4) is 11.4 Å². The Morgan fingerprint density at radius 3 is 1.11 bits per heavy atom. The highest BCUT2D eigenvalue weighted by atomic mass is 15.2. The average Bonchev–Trinajstić information content (AvgIpc) is 1.01. The molecule has 2 aliphatic rings. The van der Waals surface area contributed by atoms with E-state index in [0.29, 0.717) is 0 Å². The van der Waals surface area contributed by atoms with E-state index >= 15 is 0 Å². The third kappa shape index (κ3) is 9.04. The molecule has 0 fully saturated rings. The van der Waals surface area contributed by atoms with Crippen molar-refractivity contribution in [1.82, 2.24) is 9.13 Å². The number of hydrogen-bond acceptors (Lipinski definition) is 2. The van der Waals surface area contributed by atoms with E-state index in [-0.39, 0.29) is 22.7 Å². The predicted octanol–water partition coefficient (Wildman–Crippen LogP) is 25.1. The molecule has 458 valence electrons. The summed E-state index contributed by atoms with van der Waals surface area (Å²) in [5.74, 6) is 0.465. The molecule has 0 bridgehead atoms. The van der Waals surface area contributed by atoms with Crippen LogP contribution >= 0.6 is 0 Å². The lowest BCUT2D eigenvalue weighted by molar-refractivity contribution is 0.506. The molecule has 0 saturated carbocycles. The summed E-state index contributed by atoms with van der Waals surface area (Å²) in [6.45, 7) is 23.7. The summed E-state index contributed by atoms with van der Waals surface area (Å²) in [5.41, 5.74) is 26.1. The van der Waals surface area contributed by atoms with E-state index in [4.69, 9.17) is 0 Å². The maximum atomic E-state index is 2.73. The summed E-state index contributed by atoms with van der Waals surface area (Å²) >= 11 is 0. The third-order valence-corrected chi connectivity index (χ3v) is 22.3. The van der Waals surface area contributed by atoms with Crippen LogP contribution in [0.1, 0.15) is 164 Å². The van der Waals surface area contributed by atoms with Gasteiger partial charge in [-0.05, 0) is 226 Å². The van der Waals surface area contributed by atoms with Crippen LogP contribution in [0.15, 0.2) is 206 Å². The minimum absolute atomic E-state index is 0.0707. The van der Waals surface area contributed by atoms with Gasteiger partial charge in [-0.25, -0.2) is 0 Å². The first-order chi connectivity index (χ1) is 44.7. The standard InChI is InChI=1S/C88H86N4/c1-11-87(7,8)59-41-45-61(46-42-59)89-77-35-19-17-31-65(77)69-33-23-39-79(85(69)89)91(75-37-21-27-57-25-13-15-29-63(57)75)81-53-73(55(3)4)67-50-52-72-82(54-74(56(5)6)68-49-51-71(81)83(67)84(68)72)92(76-38-22-28-58-26-14-16-30-64(58)76)80-40-24-34-70-66-32-18-20-36-78(66)90(86(70)80)62-47-43-60(44-48-62)88(9,10)12-2/h17-24,27-28,31-56H,11-16,25-26,29-30H2,1-10H3. The quantitative estimate of drug-likeness (QED) is 0.101. The van der Waals surface area contributed by atoms with Crippen LogP contribution in [-0.2, 0) is 36.5 Å². The van der Waals surface area contributed by atoms with Gasteiger partial charge in [0.2, 0.25) is 0 Å². The van der Waals surface area contributed by atoms with Crippen molar-refractivity contribution in [2.45, 2.75) is 156 Å². The summed E-state index contributed by atoms with van der Waals surface area (Å²) in [6, 6.07) is 81.1. The summed E-state index contributed by atoms with van der Waals surface area (Å²) < 4.78 is 5.15. The number of nitrogens with zero attached hydrogens (tertiary/aromatic N) is 4. The Morgan fingerprint density at radius 1 is 0.348 bits per heavy atom. The summed E-state index contributed by atoms with van der Waals surface area (Å²) in [5, 5.41) is 12.9. The van der Waals surface area contributed by atoms with Crippen molar-refractivity contribution in [2.75, 3.05) is 9.80 Å². The van der Waals surface area contributed by atoms with Gasteiger partial charge < -0.3 is 18.9 Å². The van der Waals surface area contributed by atoms with E-state index in [1.807, 2.05) is 0 Å². The lowest BCUT2D eigenvalue weighted by atomic mass is 9.82. The zero-order valence-electron chi connectivity index (χ0n) is 55.6. The number of anilines is 6. The van der Waals surface area contributed by atoms with Gasteiger partial charge in [0.05, 0.1) is 44.8 Å². The molecule has 0 spiro atoms. The monoisotopic (exact) mass is 1200 g/mol. The first-order valence-corrected chi connectivity index (χ1v) is 34.6. The molecular weight excluding hydrogens is 1110 g/mol. The Hall–Kier alpha value is -9.12. The van der Waals surface area contributed by atoms with E-state index in [1.165, 1.54) is 192 Å². The van der Waals surface area contributed by atoms with Gasteiger partial charge in [0, 0.05) is 55.1 Å². The van der Waals surface area contributed by atoms with Crippen molar-refractivity contribution in [2.24, 2.45) is 0 Å². The van der Waals surface area contributed by atoms with Gasteiger partial charge in [-0.3, -0.25) is 0 Å². The predicted molar refractivity (Wildman–Crippen MR) is 396 cm³/mol.